The van der Waals surface area contributed by atoms with Gasteiger partial charge in [-0.25, -0.2) is 0 Å². The molecule has 27 heavy (non-hydrogen) atoms. The molecule has 1 fully saturated rings. The third-order valence-corrected chi connectivity index (χ3v) is 7.15. The van der Waals surface area contributed by atoms with Crippen molar-refractivity contribution in [2.24, 2.45) is 0 Å². The standard InChI is InChI=1S/C20H18N2O2S3/c1-4-21-15-11-14(24-3)9-10-16(15)26-19(21)17-18(23)22(20(25)27-17)13-7-5-12(2)6-8-13/h5-11H,4H2,1-3H3/b19-17-. The minimum absolute atomic E-state index is 0.0606. The molecule has 0 N–H and O–H groups in total. The molecule has 2 aromatic rings. The van der Waals surface area contributed by atoms with Crippen LogP contribution in [-0.4, -0.2) is 23.9 Å². The van der Waals surface area contributed by atoms with Gasteiger partial charge in [-0.2, -0.15) is 0 Å². The van der Waals surface area contributed by atoms with Gasteiger partial charge in [0.2, 0.25) is 0 Å². The number of thioether (sulfide) groups is 2. The number of amides is 1. The van der Waals surface area contributed by atoms with Crippen molar-refractivity contribution in [1.82, 2.24) is 0 Å². The van der Waals surface area contributed by atoms with E-state index in [9.17, 15) is 4.79 Å². The lowest BCUT2D eigenvalue weighted by Gasteiger charge is -2.19. The maximum Gasteiger partial charge on any atom is 0.273 e. The highest BCUT2D eigenvalue weighted by molar-refractivity contribution is 8.27. The Kier molecular flexibility index (Phi) is 4.92. The van der Waals surface area contributed by atoms with Crippen molar-refractivity contribution in [3.8, 4) is 5.75 Å². The van der Waals surface area contributed by atoms with Crippen LogP contribution in [0.25, 0.3) is 0 Å². The first-order chi connectivity index (χ1) is 13.0. The molecule has 0 spiro atoms. The van der Waals surface area contributed by atoms with Crippen molar-refractivity contribution < 1.29 is 9.53 Å². The molecule has 2 aliphatic rings. The topological polar surface area (TPSA) is 32.8 Å². The lowest BCUT2D eigenvalue weighted by Crippen LogP contribution is -2.28. The van der Waals surface area contributed by atoms with E-state index in [-0.39, 0.29) is 5.91 Å². The summed E-state index contributed by atoms with van der Waals surface area (Å²) < 4.78 is 5.93. The second-order valence-corrected chi connectivity index (χ2v) is 8.83. The SMILES string of the molecule is CCN1/C(=C2/SC(=S)N(c3ccc(C)cc3)C2=O)Sc2ccc(OC)cc21. The van der Waals surface area contributed by atoms with E-state index in [1.807, 2.05) is 49.4 Å². The van der Waals surface area contributed by atoms with Gasteiger partial charge >= 0.3 is 0 Å². The number of carbonyl (C=O) groups is 1. The molecule has 7 heteroatoms. The molecule has 0 aromatic heterocycles. The summed E-state index contributed by atoms with van der Waals surface area (Å²) in [5, 5.41) is 0.938. The van der Waals surface area contributed by atoms with Crippen molar-refractivity contribution >= 4 is 57.3 Å². The number of rotatable bonds is 3. The number of fused-ring (bicyclic) bond motifs is 1. The van der Waals surface area contributed by atoms with Crippen LogP contribution in [0.3, 0.4) is 0 Å². The van der Waals surface area contributed by atoms with Gasteiger partial charge in [-0.1, -0.05) is 53.4 Å². The van der Waals surface area contributed by atoms with Crippen LogP contribution in [0, 0.1) is 6.92 Å². The predicted octanol–water partition coefficient (Wildman–Crippen LogP) is 5.17. The molecule has 1 saturated heterocycles. The third-order valence-electron chi connectivity index (χ3n) is 4.48. The Balaban J connectivity index is 1.74. The van der Waals surface area contributed by atoms with Crippen LogP contribution in [0.5, 0.6) is 5.75 Å². The van der Waals surface area contributed by atoms with Crippen molar-refractivity contribution in [2.75, 3.05) is 23.5 Å². The van der Waals surface area contributed by atoms with Gasteiger partial charge in [0.15, 0.2) is 4.32 Å². The van der Waals surface area contributed by atoms with E-state index in [4.69, 9.17) is 17.0 Å². The van der Waals surface area contributed by atoms with Crippen LogP contribution in [-0.2, 0) is 4.79 Å². The number of carbonyl (C=O) groups excluding carboxylic acids is 1. The highest BCUT2D eigenvalue weighted by Gasteiger charge is 2.39. The second kappa shape index (κ2) is 7.22. The van der Waals surface area contributed by atoms with Crippen LogP contribution < -0.4 is 14.5 Å². The molecular formula is C20H18N2O2S3. The van der Waals surface area contributed by atoms with Gasteiger partial charge in [0.25, 0.3) is 5.91 Å². The van der Waals surface area contributed by atoms with Gasteiger partial charge in [0.1, 0.15) is 15.7 Å². The summed E-state index contributed by atoms with van der Waals surface area (Å²) in [4.78, 5) is 18.8. The molecule has 0 unspecified atom stereocenters. The monoisotopic (exact) mass is 414 g/mol. The zero-order valence-corrected chi connectivity index (χ0v) is 17.6. The molecule has 0 radical (unpaired) electrons. The van der Waals surface area contributed by atoms with Gasteiger partial charge < -0.3 is 9.64 Å². The van der Waals surface area contributed by atoms with Gasteiger partial charge in [0, 0.05) is 17.5 Å². The summed E-state index contributed by atoms with van der Waals surface area (Å²) in [5.41, 5.74) is 3.02. The van der Waals surface area contributed by atoms with E-state index in [1.54, 1.807) is 23.8 Å². The van der Waals surface area contributed by atoms with Gasteiger partial charge in [-0.15, -0.1) is 0 Å². The zero-order valence-electron chi connectivity index (χ0n) is 15.2. The molecule has 2 aromatic carbocycles. The van der Waals surface area contributed by atoms with Crippen LogP contribution in [0.2, 0.25) is 0 Å². The number of benzene rings is 2. The molecule has 0 saturated carbocycles. The molecule has 4 nitrogen and oxygen atoms in total. The normalized spacial score (nSPS) is 19.1. The summed E-state index contributed by atoms with van der Waals surface area (Å²) in [6.45, 7) is 4.86. The molecule has 138 valence electrons. The fraction of sp³-hybridized carbons (Fsp3) is 0.200. The van der Waals surface area contributed by atoms with Crippen molar-refractivity contribution in [3.05, 3.63) is 58.0 Å². The van der Waals surface area contributed by atoms with Gasteiger partial charge in [0.05, 0.1) is 18.5 Å². The molecule has 0 aliphatic carbocycles. The largest absolute Gasteiger partial charge is 0.497 e. The lowest BCUT2D eigenvalue weighted by molar-refractivity contribution is -0.113. The first-order valence-corrected chi connectivity index (χ1v) is 10.6. The molecular weight excluding hydrogens is 396 g/mol. The van der Waals surface area contributed by atoms with Gasteiger partial charge in [-0.05, 0) is 38.1 Å². The number of nitrogens with zero attached hydrogens (tertiary/aromatic N) is 2. The summed E-state index contributed by atoms with van der Waals surface area (Å²) >= 11 is 8.52. The fourth-order valence-corrected chi connectivity index (χ4v) is 5.74. The Hall–Kier alpha value is -1.96. The number of anilines is 2. The molecule has 2 aliphatic heterocycles. The first-order valence-electron chi connectivity index (χ1n) is 8.54. The average molecular weight is 415 g/mol. The zero-order chi connectivity index (χ0) is 19.1. The maximum atomic E-state index is 13.2. The van der Waals surface area contributed by atoms with Gasteiger partial charge in [-0.3, -0.25) is 9.69 Å². The van der Waals surface area contributed by atoms with E-state index >= 15 is 0 Å². The number of hydrogen-bond acceptors (Lipinski definition) is 6. The van der Waals surface area contributed by atoms with E-state index in [2.05, 4.69) is 11.8 Å². The Bertz CT molecular complexity index is 970. The predicted molar refractivity (Wildman–Crippen MR) is 118 cm³/mol. The highest BCUT2D eigenvalue weighted by atomic mass is 32.2. The quantitative estimate of drug-likeness (QED) is 0.509. The minimum atomic E-state index is -0.0606. The van der Waals surface area contributed by atoms with E-state index in [0.717, 1.165) is 39.2 Å². The lowest BCUT2D eigenvalue weighted by atomic mass is 10.2. The minimum Gasteiger partial charge on any atom is -0.497 e. The smallest absolute Gasteiger partial charge is 0.273 e. The maximum absolute atomic E-state index is 13.2. The number of thiocarbonyl (C=S) groups is 1. The molecule has 0 bridgehead atoms. The van der Waals surface area contributed by atoms with Crippen LogP contribution in [0.4, 0.5) is 11.4 Å². The summed E-state index contributed by atoms with van der Waals surface area (Å²) in [5.74, 6) is 0.746. The first kappa shape index (κ1) is 18.4. The highest BCUT2D eigenvalue weighted by Crippen LogP contribution is 2.51. The van der Waals surface area contributed by atoms with Crippen molar-refractivity contribution in [2.45, 2.75) is 18.7 Å². The van der Waals surface area contributed by atoms with Crippen LogP contribution in [0.1, 0.15) is 12.5 Å². The molecule has 2 heterocycles. The summed E-state index contributed by atoms with van der Waals surface area (Å²) in [6.07, 6.45) is 0. The average Bonchev–Trinajstić information content (AvgIpc) is 3.18. The summed E-state index contributed by atoms with van der Waals surface area (Å²) in [6, 6.07) is 13.9. The second-order valence-electron chi connectivity index (χ2n) is 6.16. The Labute approximate surface area is 172 Å². The Morgan fingerprint density at radius 1 is 1.11 bits per heavy atom. The third kappa shape index (κ3) is 3.13. The number of hydrogen-bond donors (Lipinski definition) is 0. The fourth-order valence-electron chi connectivity index (χ4n) is 3.09. The Morgan fingerprint density at radius 3 is 2.52 bits per heavy atom. The number of aryl methyl sites for hydroxylation is 1. The van der Waals surface area contributed by atoms with Crippen LogP contribution in [0.15, 0.2) is 57.3 Å². The van der Waals surface area contributed by atoms with Crippen molar-refractivity contribution in [3.63, 3.8) is 0 Å². The summed E-state index contributed by atoms with van der Waals surface area (Å²) in [7, 11) is 1.66. The van der Waals surface area contributed by atoms with Crippen molar-refractivity contribution in [1.29, 1.82) is 0 Å². The molecule has 1 amide bonds. The Morgan fingerprint density at radius 2 is 1.85 bits per heavy atom. The molecule has 0 atom stereocenters. The van der Waals surface area contributed by atoms with E-state index in [1.165, 1.54) is 11.8 Å². The molecule has 4 rings (SSSR count). The van der Waals surface area contributed by atoms with E-state index in [0.29, 0.717) is 9.23 Å². The van der Waals surface area contributed by atoms with Crippen LogP contribution >= 0.6 is 35.7 Å². The number of methoxy groups -OCH3 is 1. The number of ether oxygens (including phenoxy) is 1. The van der Waals surface area contributed by atoms with E-state index < -0.39 is 0 Å².